The fourth-order valence-electron chi connectivity index (χ4n) is 3.54. The van der Waals surface area contributed by atoms with Crippen LogP contribution in [0.25, 0.3) is 11.5 Å². The topological polar surface area (TPSA) is 72.2 Å². The van der Waals surface area contributed by atoms with Crippen molar-refractivity contribution in [1.82, 2.24) is 4.98 Å². The zero-order chi connectivity index (χ0) is 18.7. The normalized spacial score (nSPS) is 15.6. The van der Waals surface area contributed by atoms with Gasteiger partial charge in [-0.2, -0.15) is 0 Å². The van der Waals surface area contributed by atoms with Crippen LogP contribution in [0.2, 0.25) is 0 Å². The summed E-state index contributed by atoms with van der Waals surface area (Å²) in [6.07, 6.45) is 5.47. The largest absolute Gasteiger partial charge is 0.419 e. The Morgan fingerprint density at radius 3 is 2.19 bits per heavy atom. The molecule has 0 amide bonds. The second kappa shape index (κ2) is 7.56. The summed E-state index contributed by atoms with van der Waals surface area (Å²) in [6, 6.07) is 17.9. The van der Waals surface area contributed by atoms with E-state index in [0.717, 1.165) is 31.2 Å². The zero-order valence-corrected chi connectivity index (χ0v) is 15.8. The van der Waals surface area contributed by atoms with Crippen molar-refractivity contribution in [3.63, 3.8) is 0 Å². The Morgan fingerprint density at radius 1 is 0.889 bits per heavy atom. The van der Waals surface area contributed by atoms with E-state index < -0.39 is 10.0 Å². The lowest BCUT2D eigenvalue weighted by atomic mass is 9.87. The van der Waals surface area contributed by atoms with E-state index in [9.17, 15) is 8.42 Å². The van der Waals surface area contributed by atoms with Gasteiger partial charge in [0.25, 0.3) is 10.0 Å². The lowest BCUT2D eigenvalue weighted by Crippen LogP contribution is -2.15. The molecule has 0 saturated heterocycles. The number of rotatable bonds is 5. The molecule has 1 fully saturated rings. The molecule has 1 aliphatic carbocycles. The second-order valence-electron chi connectivity index (χ2n) is 6.85. The summed E-state index contributed by atoms with van der Waals surface area (Å²) in [5.41, 5.74) is 1.55. The van der Waals surface area contributed by atoms with Crippen LogP contribution in [0.4, 0.5) is 5.88 Å². The average molecular weight is 382 g/mol. The highest BCUT2D eigenvalue weighted by Gasteiger charge is 2.27. The molecule has 1 saturated carbocycles. The molecule has 1 N–H and O–H groups in total. The van der Waals surface area contributed by atoms with E-state index in [1.165, 1.54) is 6.42 Å². The highest BCUT2D eigenvalue weighted by molar-refractivity contribution is 7.92. The van der Waals surface area contributed by atoms with Crippen molar-refractivity contribution >= 4 is 15.9 Å². The Labute approximate surface area is 159 Å². The number of nitrogens with one attached hydrogen (secondary N) is 1. The molecule has 0 radical (unpaired) electrons. The minimum absolute atomic E-state index is 0.206. The van der Waals surface area contributed by atoms with Gasteiger partial charge < -0.3 is 4.42 Å². The van der Waals surface area contributed by atoms with Gasteiger partial charge in [-0.25, -0.2) is 18.1 Å². The number of benzene rings is 2. The molecule has 0 unspecified atom stereocenters. The van der Waals surface area contributed by atoms with Crippen LogP contribution in [0.5, 0.6) is 0 Å². The van der Waals surface area contributed by atoms with Gasteiger partial charge >= 0.3 is 0 Å². The molecule has 1 aliphatic rings. The molecule has 1 heterocycles. The van der Waals surface area contributed by atoms with E-state index in [4.69, 9.17) is 4.42 Å². The number of nitrogens with zero attached hydrogens (tertiary/aromatic N) is 1. The molecule has 0 spiro atoms. The van der Waals surface area contributed by atoms with Gasteiger partial charge in [0, 0.05) is 11.5 Å². The Hall–Kier alpha value is -2.60. The van der Waals surface area contributed by atoms with E-state index in [1.807, 2.05) is 30.3 Å². The molecule has 27 heavy (non-hydrogen) atoms. The van der Waals surface area contributed by atoms with Crippen LogP contribution >= 0.6 is 0 Å². The molecule has 6 heteroatoms. The van der Waals surface area contributed by atoms with Crippen molar-refractivity contribution in [2.24, 2.45) is 0 Å². The third-order valence-electron chi connectivity index (χ3n) is 4.95. The van der Waals surface area contributed by atoms with Gasteiger partial charge in [0.15, 0.2) is 0 Å². The Balaban J connectivity index is 1.73. The van der Waals surface area contributed by atoms with Gasteiger partial charge in [-0.1, -0.05) is 55.7 Å². The van der Waals surface area contributed by atoms with E-state index in [0.29, 0.717) is 11.6 Å². The number of sulfonamides is 1. The van der Waals surface area contributed by atoms with Crippen LogP contribution < -0.4 is 4.72 Å². The first kappa shape index (κ1) is 17.8. The Bertz CT molecular complexity index is 992. The van der Waals surface area contributed by atoms with E-state index in [1.54, 1.807) is 30.3 Å². The van der Waals surface area contributed by atoms with Gasteiger partial charge in [0.1, 0.15) is 5.69 Å². The van der Waals surface area contributed by atoms with Crippen molar-refractivity contribution in [3.05, 3.63) is 66.4 Å². The van der Waals surface area contributed by atoms with Crippen molar-refractivity contribution in [3.8, 4) is 11.5 Å². The first-order valence-corrected chi connectivity index (χ1v) is 10.8. The summed E-state index contributed by atoms with van der Waals surface area (Å²) in [7, 11) is -3.73. The third-order valence-corrected chi connectivity index (χ3v) is 6.29. The van der Waals surface area contributed by atoms with Gasteiger partial charge in [-0.3, -0.25) is 0 Å². The van der Waals surface area contributed by atoms with E-state index >= 15 is 0 Å². The van der Waals surface area contributed by atoms with Crippen LogP contribution in [0.3, 0.4) is 0 Å². The Kier molecular flexibility index (Phi) is 4.99. The van der Waals surface area contributed by atoms with Crippen molar-refractivity contribution < 1.29 is 12.8 Å². The maximum absolute atomic E-state index is 12.8. The maximum atomic E-state index is 12.8. The van der Waals surface area contributed by atoms with E-state index in [-0.39, 0.29) is 16.7 Å². The standard InChI is InChI=1S/C21H22N2O3S/c24-27(25,18-14-8-3-9-15-18)23-21-19(16-10-4-1-5-11-16)22-20(26-21)17-12-6-2-7-13-17/h2-3,6-9,12-16,23H,1,4-5,10-11H2. The number of hydrogen-bond acceptors (Lipinski definition) is 4. The first-order chi connectivity index (χ1) is 13.1. The van der Waals surface area contributed by atoms with Crippen LogP contribution in [0.15, 0.2) is 70.0 Å². The molecule has 3 aromatic rings. The molecule has 0 aliphatic heterocycles. The number of anilines is 1. The van der Waals surface area contributed by atoms with Crippen LogP contribution in [-0.2, 0) is 10.0 Å². The summed E-state index contributed by atoms with van der Waals surface area (Å²) in [4.78, 5) is 4.89. The number of hydrogen-bond donors (Lipinski definition) is 1. The predicted octanol–water partition coefficient (Wildman–Crippen LogP) is 5.19. The summed E-state index contributed by atoms with van der Waals surface area (Å²) < 4.78 is 34.1. The number of oxazole rings is 1. The summed E-state index contributed by atoms with van der Waals surface area (Å²) in [6.45, 7) is 0. The summed E-state index contributed by atoms with van der Waals surface area (Å²) >= 11 is 0. The fraction of sp³-hybridized carbons (Fsp3) is 0.286. The van der Waals surface area contributed by atoms with Gasteiger partial charge in [-0.15, -0.1) is 0 Å². The maximum Gasteiger partial charge on any atom is 0.264 e. The highest BCUT2D eigenvalue weighted by atomic mass is 32.2. The van der Waals surface area contributed by atoms with Crippen molar-refractivity contribution in [1.29, 1.82) is 0 Å². The van der Waals surface area contributed by atoms with Crippen molar-refractivity contribution in [2.45, 2.75) is 42.9 Å². The zero-order valence-electron chi connectivity index (χ0n) is 15.0. The number of aromatic nitrogens is 1. The lowest BCUT2D eigenvalue weighted by molar-refractivity contribution is 0.437. The molecule has 4 rings (SSSR count). The van der Waals surface area contributed by atoms with Crippen LogP contribution in [0.1, 0.15) is 43.7 Å². The molecular formula is C21H22N2O3S. The van der Waals surface area contributed by atoms with Crippen LogP contribution in [0, 0.1) is 0 Å². The molecule has 2 aromatic carbocycles. The minimum atomic E-state index is -3.73. The molecular weight excluding hydrogens is 360 g/mol. The highest BCUT2D eigenvalue weighted by Crippen LogP contribution is 2.39. The minimum Gasteiger partial charge on any atom is -0.419 e. The van der Waals surface area contributed by atoms with Crippen LogP contribution in [-0.4, -0.2) is 13.4 Å². The lowest BCUT2D eigenvalue weighted by Gasteiger charge is -2.20. The van der Waals surface area contributed by atoms with Gasteiger partial charge in [0.05, 0.1) is 4.90 Å². The Morgan fingerprint density at radius 2 is 1.52 bits per heavy atom. The third kappa shape index (κ3) is 3.90. The van der Waals surface area contributed by atoms with Gasteiger partial charge in [-0.05, 0) is 37.1 Å². The predicted molar refractivity (Wildman–Crippen MR) is 105 cm³/mol. The van der Waals surface area contributed by atoms with E-state index in [2.05, 4.69) is 9.71 Å². The summed E-state index contributed by atoms with van der Waals surface area (Å²) in [5.74, 6) is 0.903. The molecule has 5 nitrogen and oxygen atoms in total. The quantitative estimate of drug-likeness (QED) is 0.659. The second-order valence-corrected chi connectivity index (χ2v) is 8.54. The molecule has 0 atom stereocenters. The smallest absolute Gasteiger partial charge is 0.264 e. The first-order valence-electron chi connectivity index (χ1n) is 9.27. The SMILES string of the molecule is O=S(=O)(Nc1oc(-c2ccccc2)nc1C1CCCCC1)c1ccccc1. The average Bonchev–Trinajstić information content (AvgIpc) is 3.13. The molecule has 140 valence electrons. The fourth-order valence-corrected chi connectivity index (χ4v) is 4.57. The molecule has 1 aromatic heterocycles. The van der Waals surface area contributed by atoms with Crippen molar-refractivity contribution in [2.75, 3.05) is 4.72 Å². The summed E-state index contributed by atoms with van der Waals surface area (Å²) in [5, 5.41) is 0. The molecule has 0 bridgehead atoms. The van der Waals surface area contributed by atoms with Gasteiger partial charge in [0.2, 0.25) is 11.8 Å². The monoisotopic (exact) mass is 382 g/mol.